The number of aromatic nitrogens is 2. The van der Waals surface area contributed by atoms with Gasteiger partial charge in [0.2, 0.25) is 5.91 Å². The topological polar surface area (TPSA) is 61.4 Å². The number of carbonyl (C=O) groups is 1. The quantitative estimate of drug-likeness (QED) is 0.886. The van der Waals surface area contributed by atoms with Crippen LogP contribution in [0.3, 0.4) is 0 Å². The average molecular weight is 319 g/mol. The summed E-state index contributed by atoms with van der Waals surface area (Å²) >= 11 is 0. The molecule has 0 bridgehead atoms. The highest BCUT2D eigenvalue weighted by Gasteiger charge is 2.22. The van der Waals surface area contributed by atoms with Crippen LogP contribution in [0.25, 0.3) is 0 Å². The van der Waals surface area contributed by atoms with Crippen molar-refractivity contribution < 1.29 is 4.79 Å². The van der Waals surface area contributed by atoms with E-state index in [0.29, 0.717) is 12.5 Å². The van der Waals surface area contributed by atoms with E-state index in [0.717, 1.165) is 55.4 Å². The summed E-state index contributed by atoms with van der Waals surface area (Å²) in [6, 6.07) is 0. The molecule has 1 aliphatic heterocycles. The third kappa shape index (κ3) is 4.64. The third-order valence-electron chi connectivity index (χ3n) is 4.72. The molecule has 0 saturated carbocycles. The Kier molecular flexibility index (Phi) is 5.93. The smallest absolute Gasteiger partial charge is 0.233 e. The molecule has 6 heteroatoms. The number of carbonyl (C=O) groups excluding carboxylic acids is 1. The molecule has 1 fully saturated rings. The molecule has 1 aliphatic rings. The van der Waals surface area contributed by atoms with Gasteiger partial charge in [-0.2, -0.15) is 0 Å². The summed E-state index contributed by atoms with van der Waals surface area (Å²) in [6.45, 7) is 9.58. The van der Waals surface area contributed by atoms with Crippen LogP contribution >= 0.6 is 0 Å². The third-order valence-corrected chi connectivity index (χ3v) is 4.72. The van der Waals surface area contributed by atoms with Crippen LogP contribution in [0.5, 0.6) is 0 Å². The Hall–Kier alpha value is -1.69. The molecule has 0 aromatic carbocycles. The summed E-state index contributed by atoms with van der Waals surface area (Å²) in [5.41, 5.74) is 2.22. The van der Waals surface area contributed by atoms with Crippen LogP contribution in [0.2, 0.25) is 0 Å². The predicted octanol–water partition coefficient (Wildman–Crippen LogP) is 1.30. The molecule has 2 heterocycles. The fourth-order valence-electron chi connectivity index (χ4n) is 3.21. The second-order valence-corrected chi connectivity index (χ2v) is 6.58. The van der Waals surface area contributed by atoms with Gasteiger partial charge in [-0.25, -0.2) is 9.97 Å². The standard InChI is InChI=1S/C17H29N5O/c1-12-13(2)19-14(3)20-17(12)21(5)10-15-6-8-22(9-7-15)11-16(23)18-4/h15H,6-11H2,1-5H3,(H,18,23). The number of amides is 1. The van der Waals surface area contributed by atoms with Crippen molar-refractivity contribution in [2.24, 2.45) is 5.92 Å². The Morgan fingerprint density at radius 3 is 2.52 bits per heavy atom. The van der Waals surface area contributed by atoms with Crippen molar-refractivity contribution in [3.63, 3.8) is 0 Å². The molecule has 6 nitrogen and oxygen atoms in total. The molecule has 1 aromatic heterocycles. The van der Waals surface area contributed by atoms with Crippen LogP contribution in [-0.4, -0.2) is 61.0 Å². The summed E-state index contributed by atoms with van der Waals surface area (Å²) in [5.74, 6) is 2.62. The predicted molar refractivity (Wildman–Crippen MR) is 92.7 cm³/mol. The van der Waals surface area contributed by atoms with Gasteiger partial charge >= 0.3 is 0 Å². The first-order valence-electron chi connectivity index (χ1n) is 8.36. The molecular weight excluding hydrogens is 290 g/mol. The van der Waals surface area contributed by atoms with E-state index in [1.807, 2.05) is 13.8 Å². The SMILES string of the molecule is CNC(=O)CN1CCC(CN(C)c2nc(C)nc(C)c2C)CC1. The summed E-state index contributed by atoms with van der Waals surface area (Å²) in [5, 5.41) is 2.69. The van der Waals surface area contributed by atoms with Gasteiger partial charge in [-0.05, 0) is 52.6 Å². The summed E-state index contributed by atoms with van der Waals surface area (Å²) in [7, 11) is 3.81. The normalized spacial score (nSPS) is 16.4. The van der Waals surface area contributed by atoms with Gasteiger partial charge in [-0.1, -0.05) is 0 Å². The molecule has 0 atom stereocenters. The molecule has 1 aromatic rings. The molecule has 128 valence electrons. The number of hydrogen-bond donors (Lipinski definition) is 1. The van der Waals surface area contributed by atoms with Crippen LogP contribution in [0, 0.1) is 26.7 Å². The number of nitrogens with zero attached hydrogens (tertiary/aromatic N) is 4. The van der Waals surface area contributed by atoms with Crippen molar-refractivity contribution >= 4 is 11.7 Å². The fourth-order valence-corrected chi connectivity index (χ4v) is 3.21. The Bertz CT molecular complexity index is 552. The molecule has 0 aliphatic carbocycles. The lowest BCUT2D eigenvalue weighted by molar-refractivity contribution is -0.122. The first-order chi connectivity index (χ1) is 10.9. The van der Waals surface area contributed by atoms with Gasteiger partial charge in [0.05, 0.1) is 6.54 Å². The van der Waals surface area contributed by atoms with E-state index in [-0.39, 0.29) is 5.91 Å². The van der Waals surface area contributed by atoms with Crippen molar-refractivity contribution in [1.82, 2.24) is 20.2 Å². The van der Waals surface area contributed by atoms with Gasteiger partial charge in [-0.15, -0.1) is 0 Å². The lowest BCUT2D eigenvalue weighted by Crippen LogP contribution is -2.42. The number of aryl methyl sites for hydroxylation is 2. The van der Waals surface area contributed by atoms with Gasteiger partial charge in [0.1, 0.15) is 11.6 Å². The maximum absolute atomic E-state index is 11.5. The van der Waals surface area contributed by atoms with Gasteiger partial charge in [0.25, 0.3) is 0 Å². The van der Waals surface area contributed by atoms with E-state index in [2.05, 4.69) is 39.1 Å². The first kappa shape index (κ1) is 17.7. The van der Waals surface area contributed by atoms with Crippen LogP contribution in [0.15, 0.2) is 0 Å². The van der Waals surface area contributed by atoms with Crippen molar-refractivity contribution in [3.8, 4) is 0 Å². The van der Waals surface area contributed by atoms with Gasteiger partial charge in [-0.3, -0.25) is 9.69 Å². The van der Waals surface area contributed by atoms with Gasteiger partial charge in [0.15, 0.2) is 0 Å². The maximum atomic E-state index is 11.5. The Labute approximate surface area is 139 Å². The van der Waals surface area contributed by atoms with Crippen molar-refractivity contribution in [3.05, 3.63) is 17.1 Å². The highest BCUT2D eigenvalue weighted by atomic mass is 16.1. The Balaban J connectivity index is 1.90. The minimum Gasteiger partial charge on any atom is -0.359 e. The van der Waals surface area contributed by atoms with Crippen LogP contribution in [0.1, 0.15) is 29.9 Å². The van der Waals surface area contributed by atoms with E-state index < -0.39 is 0 Å². The van der Waals surface area contributed by atoms with E-state index in [9.17, 15) is 4.79 Å². The Morgan fingerprint density at radius 1 is 1.26 bits per heavy atom. The number of likely N-dealkylation sites (tertiary alicyclic amines) is 1. The van der Waals surface area contributed by atoms with Crippen LogP contribution < -0.4 is 10.2 Å². The number of hydrogen-bond acceptors (Lipinski definition) is 5. The number of likely N-dealkylation sites (N-methyl/N-ethyl adjacent to an activating group) is 1. The average Bonchev–Trinajstić information content (AvgIpc) is 2.52. The molecule has 2 rings (SSSR count). The molecule has 1 N–H and O–H groups in total. The second kappa shape index (κ2) is 7.73. The highest BCUT2D eigenvalue weighted by Crippen LogP contribution is 2.23. The summed E-state index contributed by atoms with van der Waals surface area (Å²) < 4.78 is 0. The highest BCUT2D eigenvalue weighted by molar-refractivity contribution is 5.77. The van der Waals surface area contributed by atoms with Crippen LogP contribution in [0.4, 0.5) is 5.82 Å². The maximum Gasteiger partial charge on any atom is 0.233 e. The first-order valence-corrected chi connectivity index (χ1v) is 8.36. The van der Waals surface area contributed by atoms with Crippen molar-refractivity contribution in [1.29, 1.82) is 0 Å². The summed E-state index contributed by atoms with van der Waals surface area (Å²) in [6.07, 6.45) is 2.26. The van der Waals surface area contributed by atoms with Gasteiger partial charge in [0, 0.05) is 31.9 Å². The molecule has 0 radical (unpaired) electrons. The van der Waals surface area contributed by atoms with E-state index in [4.69, 9.17) is 0 Å². The van der Waals surface area contributed by atoms with E-state index in [1.54, 1.807) is 7.05 Å². The number of piperidine rings is 1. The van der Waals surface area contributed by atoms with Crippen molar-refractivity contribution in [2.45, 2.75) is 33.6 Å². The monoisotopic (exact) mass is 319 g/mol. The Morgan fingerprint density at radius 2 is 1.91 bits per heavy atom. The lowest BCUT2D eigenvalue weighted by Gasteiger charge is -2.34. The fraction of sp³-hybridized carbons (Fsp3) is 0.706. The zero-order chi connectivity index (χ0) is 17.0. The molecule has 1 saturated heterocycles. The minimum atomic E-state index is 0.100. The molecule has 0 unspecified atom stereocenters. The zero-order valence-corrected chi connectivity index (χ0v) is 15.0. The largest absolute Gasteiger partial charge is 0.359 e. The van der Waals surface area contributed by atoms with Crippen molar-refractivity contribution in [2.75, 3.05) is 45.2 Å². The molecule has 0 spiro atoms. The molecule has 23 heavy (non-hydrogen) atoms. The second-order valence-electron chi connectivity index (χ2n) is 6.58. The van der Waals surface area contributed by atoms with E-state index >= 15 is 0 Å². The number of anilines is 1. The lowest BCUT2D eigenvalue weighted by atomic mass is 9.96. The number of rotatable bonds is 5. The van der Waals surface area contributed by atoms with Crippen LogP contribution in [-0.2, 0) is 4.79 Å². The van der Waals surface area contributed by atoms with E-state index in [1.165, 1.54) is 0 Å². The zero-order valence-electron chi connectivity index (χ0n) is 15.0. The summed E-state index contributed by atoms with van der Waals surface area (Å²) in [4.78, 5) is 25.0. The number of nitrogens with one attached hydrogen (secondary N) is 1. The van der Waals surface area contributed by atoms with Gasteiger partial charge < -0.3 is 10.2 Å². The molecular formula is C17H29N5O. The molecule has 1 amide bonds. The minimum absolute atomic E-state index is 0.100.